The average Bonchev–Trinajstić information content (AvgIpc) is 3.60. The van der Waals surface area contributed by atoms with E-state index < -0.39 is 12.3 Å². The molecule has 0 spiro atoms. The number of hydrogen-bond acceptors (Lipinski definition) is 8. The second-order valence-electron chi connectivity index (χ2n) is 8.81. The number of nitrogens with zero attached hydrogens (tertiary/aromatic N) is 4. The maximum Gasteiger partial charge on any atom is 0.181 e. The summed E-state index contributed by atoms with van der Waals surface area (Å²) in [7, 11) is 1.63. The Balaban J connectivity index is 1.46. The number of benzene rings is 1. The van der Waals surface area contributed by atoms with Crippen molar-refractivity contribution < 1.29 is 23.0 Å². The molecule has 5 heterocycles. The fourth-order valence-electron chi connectivity index (χ4n) is 4.58. The van der Waals surface area contributed by atoms with Gasteiger partial charge in [0.2, 0.25) is 0 Å². The molecule has 2 atom stereocenters. The number of alkyl halides is 1. The Bertz CT molecular complexity index is 1520. The summed E-state index contributed by atoms with van der Waals surface area (Å²) in [6.45, 7) is 1.93. The molecular weight excluding hydrogens is 477 g/mol. The molecule has 0 radical (unpaired) electrons. The molecule has 5 aromatic rings. The molecular formula is C27H26FN5O4. The van der Waals surface area contributed by atoms with Crippen LogP contribution in [0.3, 0.4) is 0 Å². The highest BCUT2D eigenvalue weighted by Gasteiger charge is 2.27. The lowest BCUT2D eigenvalue weighted by Gasteiger charge is -2.27. The summed E-state index contributed by atoms with van der Waals surface area (Å²) < 4.78 is 39.2. The molecule has 4 aromatic heterocycles. The summed E-state index contributed by atoms with van der Waals surface area (Å²) in [6.07, 6.45) is 5.65. The van der Waals surface area contributed by atoms with Crippen LogP contribution in [-0.2, 0) is 4.74 Å². The maximum absolute atomic E-state index is 14.6. The molecule has 190 valence electrons. The highest BCUT2D eigenvalue weighted by atomic mass is 19.1. The first-order valence-corrected chi connectivity index (χ1v) is 12.1. The van der Waals surface area contributed by atoms with E-state index in [0.717, 1.165) is 16.6 Å². The minimum absolute atomic E-state index is 0.274. The Morgan fingerprint density at radius 3 is 2.97 bits per heavy atom. The molecule has 1 unspecified atom stereocenters. The van der Waals surface area contributed by atoms with E-state index in [1.54, 1.807) is 19.5 Å². The molecule has 0 aliphatic carbocycles. The van der Waals surface area contributed by atoms with Crippen LogP contribution in [0.4, 0.5) is 4.39 Å². The standard InChI is InChI=1S/C27H26FN5O4/c1-34-9-10-35-17-6-8-33-22(14-31-26(33)11-17)21-12-19(25-15-30-16-36-25)18-3-2-4-24(27(18)32-21)37-23-5-7-29-13-20(23)28/h2-4,6,8,11-12,14-16,20,23,29H,5,7,9-10,13H2,1H3/t20?,23-/m1/s1. The molecule has 1 aliphatic heterocycles. The highest BCUT2D eigenvalue weighted by Crippen LogP contribution is 2.37. The third kappa shape index (κ3) is 4.61. The highest BCUT2D eigenvalue weighted by molar-refractivity contribution is 5.98. The second kappa shape index (κ2) is 10.2. The quantitative estimate of drug-likeness (QED) is 0.313. The Morgan fingerprint density at radius 2 is 2.14 bits per heavy atom. The molecule has 0 bridgehead atoms. The Labute approximate surface area is 212 Å². The van der Waals surface area contributed by atoms with Crippen molar-refractivity contribution in [2.24, 2.45) is 0 Å². The topological polar surface area (TPSA) is 95.9 Å². The number of fused-ring (bicyclic) bond motifs is 2. The van der Waals surface area contributed by atoms with E-state index in [0.29, 0.717) is 60.3 Å². The van der Waals surface area contributed by atoms with Crippen LogP contribution < -0.4 is 14.8 Å². The van der Waals surface area contributed by atoms with E-state index in [4.69, 9.17) is 23.6 Å². The summed E-state index contributed by atoms with van der Waals surface area (Å²) in [5.74, 6) is 1.82. The van der Waals surface area contributed by atoms with Gasteiger partial charge in [-0.1, -0.05) is 12.1 Å². The number of halogens is 1. The number of para-hydroxylation sites is 1. The molecule has 1 aliphatic rings. The van der Waals surface area contributed by atoms with Gasteiger partial charge in [0.05, 0.1) is 30.4 Å². The number of ether oxygens (including phenoxy) is 3. The fraction of sp³-hybridized carbons (Fsp3) is 0.296. The van der Waals surface area contributed by atoms with Crippen LogP contribution >= 0.6 is 0 Å². The van der Waals surface area contributed by atoms with Crippen LogP contribution in [0.25, 0.3) is 39.3 Å². The lowest BCUT2D eigenvalue weighted by atomic mass is 10.0. The number of pyridine rings is 2. The van der Waals surface area contributed by atoms with Crippen LogP contribution in [0.2, 0.25) is 0 Å². The van der Waals surface area contributed by atoms with Gasteiger partial charge < -0.3 is 23.9 Å². The molecule has 1 fully saturated rings. The molecule has 1 N–H and O–H groups in total. The van der Waals surface area contributed by atoms with Gasteiger partial charge in [-0.05, 0) is 31.2 Å². The van der Waals surface area contributed by atoms with Gasteiger partial charge in [0.15, 0.2) is 12.2 Å². The zero-order chi connectivity index (χ0) is 25.2. The molecule has 1 saturated heterocycles. The van der Waals surface area contributed by atoms with E-state index in [9.17, 15) is 4.39 Å². The van der Waals surface area contributed by atoms with E-state index in [1.165, 1.54) is 6.39 Å². The molecule has 1 aromatic carbocycles. The Kier molecular flexibility index (Phi) is 6.42. The van der Waals surface area contributed by atoms with E-state index in [1.807, 2.05) is 47.0 Å². The molecule has 37 heavy (non-hydrogen) atoms. The predicted molar refractivity (Wildman–Crippen MR) is 136 cm³/mol. The zero-order valence-electron chi connectivity index (χ0n) is 20.3. The molecule has 10 heteroatoms. The number of imidazole rings is 1. The first kappa shape index (κ1) is 23.4. The van der Waals surface area contributed by atoms with Crippen LogP contribution in [0.5, 0.6) is 11.5 Å². The van der Waals surface area contributed by atoms with Gasteiger partial charge in [0, 0.05) is 36.9 Å². The SMILES string of the molecule is COCCOc1ccn2c(-c3cc(-c4cnco4)c4cccc(O[C@@H]5CCNCC5F)c4n3)cnc2c1. The molecule has 9 nitrogen and oxygen atoms in total. The van der Waals surface area contributed by atoms with Gasteiger partial charge in [-0.2, -0.15) is 0 Å². The lowest BCUT2D eigenvalue weighted by molar-refractivity contribution is 0.0743. The molecule has 0 saturated carbocycles. The maximum atomic E-state index is 14.6. The minimum Gasteiger partial charge on any atom is -0.491 e. The monoisotopic (exact) mass is 503 g/mol. The van der Waals surface area contributed by atoms with E-state index in [-0.39, 0.29) is 6.54 Å². The number of piperidine rings is 1. The van der Waals surface area contributed by atoms with Gasteiger partial charge in [-0.25, -0.2) is 19.3 Å². The van der Waals surface area contributed by atoms with Crippen LogP contribution in [0.1, 0.15) is 6.42 Å². The van der Waals surface area contributed by atoms with Gasteiger partial charge >= 0.3 is 0 Å². The number of hydrogen-bond donors (Lipinski definition) is 1. The molecule has 0 amide bonds. The number of aromatic nitrogens is 4. The van der Waals surface area contributed by atoms with Gasteiger partial charge in [0.1, 0.15) is 41.5 Å². The van der Waals surface area contributed by atoms with Crippen molar-refractivity contribution in [3.05, 3.63) is 61.4 Å². The largest absolute Gasteiger partial charge is 0.491 e. The first-order valence-electron chi connectivity index (χ1n) is 12.1. The van der Waals surface area contributed by atoms with Crippen molar-refractivity contribution in [1.29, 1.82) is 0 Å². The third-order valence-corrected chi connectivity index (χ3v) is 6.43. The smallest absolute Gasteiger partial charge is 0.181 e. The number of oxazole rings is 1. The van der Waals surface area contributed by atoms with Gasteiger partial charge in [-0.3, -0.25) is 4.40 Å². The van der Waals surface area contributed by atoms with Crippen LogP contribution in [0.15, 0.2) is 65.8 Å². The Morgan fingerprint density at radius 1 is 1.19 bits per heavy atom. The lowest BCUT2D eigenvalue weighted by Crippen LogP contribution is -2.44. The summed E-state index contributed by atoms with van der Waals surface area (Å²) in [5.41, 5.74) is 3.58. The minimum atomic E-state index is -1.10. The van der Waals surface area contributed by atoms with Crippen LogP contribution in [0, 0.1) is 0 Å². The van der Waals surface area contributed by atoms with Crippen molar-refractivity contribution in [2.45, 2.75) is 18.7 Å². The summed E-state index contributed by atoms with van der Waals surface area (Å²) in [4.78, 5) is 13.6. The van der Waals surface area contributed by atoms with Gasteiger partial charge in [-0.15, -0.1) is 0 Å². The van der Waals surface area contributed by atoms with Crippen LogP contribution in [-0.4, -0.2) is 65.0 Å². The normalized spacial score (nSPS) is 17.9. The summed E-state index contributed by atoms with van der Waals surface area (Å²) >= 11 is 0. The van der Waals surface area contributed by atoms with Crippen molar-refractivity contribution in [1.82, 2.24) is 24.7 Å². The zero-order valence-corrected chi connectivity index (χ0v) is 20.3. The number of methoxy groups -OCH3 is 1. The van der Waals surface area contributed by atoms with Gasteiger partial charge in [0.25, 0.3) is 0 Å². The van der Waals surface area contributed by atoms with Crippen molar-refractivity contribution in [3.8, 4) is 34.2 Å². The summed E-state index contributed by atoms with van der Waals surface area (Å²) in [6, 6.07) is 11.3. The number of nitrogens with one attached hydrogen (secondary N) is 1. The van der Waals surface area contributed by atoms with Crippen molar-refractivity contribution in [3.63, 3.8) is 0 Å². The molecule has 6 rings (SSSR count). The van der Waals surface area contributed by atoms with Crippen molar-refractivity contribution in [2.75, 3.05) is 33.4 Å². The Hall–Kier alpha value is -4.02. The van der Waals surface area contributed by atoms with E-state index in [2.05, 4.69) is 15.3 Å². The van der Waals surface area contributed by atoms with E-state index >= 15 is 0 Å². The number of rotatable bonds is 8. The average molecular weight is 504 g/mol. The first-order chi connectivity index (χ1) is 18.2. The summed E-state index contributed by atoms with van der Waals surface area (Å²) in [5, 5.41) is 3.89. The second-order valence-corrected chi connectivity index (χ2v) is 8.81. The fourth-order valence-corrected chi connectivity index (χ4v) is 4.58. The van der Waals surface area contributed by atoms with Crippen molar-refractivity contribution >= 4 is 16.6 Å². The third-order valence-electron chi connectivity index (χ3n) is 6.43. The predicted octanol–water partition coefficient (Wildman–Crippen LogP) is 4.31.